The molecule has 6 heteroatoms. The zero-order valence-corrected chi connectivity index (χ0v) is 12.0. The Labute approximate surface area is 113 Å². The van der Waals surface area contributed by atoms with Crippen LogP contribution in [0.2, 0.25) is 0 Å². The van der Waals surface area contributed by atoms with E-state index in [2.05, 4.69) is 9.62 Å². The van der Waals surface area contributed by atoms with E-state index in [9.17, 15) is 12.8 Å². The van der Waals surface area contributed by atoms with Gasteiger partial charge < -0.3 is 4.90 Å². The fraction of sp³-hybridized carbons (Fsp3) is 0.538. The maximum absolute atomic E-state index is 13.0. The largest absolute Gasteiger partial charge is 0.306 e. The van der Waals surface area contributed by atoms with Crippen molar-refractivity contribution in [2.45, 2.75) is 30.7 Å². The van der Waals surface area contributed by atoms with Gasteiger partial charge >= 0.3 is 0 Å². The van der Waals surface area contributed by atoms with Gasteiger partial charge in [0, 0.05) is 6.04 Å². The van der Waals surface area contributed by atoms with Gasteiger partial charge in [-0.1, -0.05) is 0 Å². The number of aryl methyl sites for hydroxylation is 1. The summed E-state index contributed by atoms with van der Waals surface area (Å²) in [6.45, 7) is 3.37. The Morgan fingerprint density at radius 3 is 2.53 bits per heavy atom. The number of likely N-dealkylation sites (tertiary alicyclic amines) is 1. The van der Waals surface area contributed by atoms with E-state index in [-0.39, 0.29) is 10.9 Å². The molecule has 1 saturated heterocycles. The van der Waals surface area contributed by atoms with E-state index in [1.165, 1.54) is 18.2 Å². The number of nitrogens with one attached hydrogen (secondary N) is 1. The maximum Gasteiger partial charge on any atom is 0.241 e. The minimum Gasteiger partial charge on any atom is -0.306 e. The lowest BCUT2D eigenvalue weighted by atomic mass is 10.1. The van der Waals surface area contributed by atoms with Crippen molar-refractivity contribution in [3.05, 3.63) is 29.6 Å². The molecule has 4 nitrogen and oxygen atoms in total. The van der Waals surface area contributed by atoms with Gasteiger partial charge in [0.2, 0.25) is 10.0 Å². The van der Waals surface area contributed by atoms with E-state index in [0.29, 0.717) is 5.56 Å². The van der Waals surface area contributed by atoms with Gasteiger partial charge in [-0.2, -0.15) is 0 Å². The van der Waals surface area contributed by atoms with Crippen LogP contribution in [0, 0.1) is 12.7 Å². The Hall–Kier alpha value is -0.980. The van der Waals surface area contributed by atoms with Gasteiger partial charge in [0.1, 0.15) is 5.82 Å². The Morgan fingerprint density at radius 1 is 1.32 bits per heavy atom. The summed E-state index contributed by atoms with van der Waals surface area (Å²) in [5, 5.41) is 0. The molecule has 0 saturated carbocycles. The summed E-state index contributed by atoms with van der Waals surface area (Å²) in [5.74, 6) is -0.421. The monoisotopic (exact) mass is 286 g/mol. The Kier molecular flexibility index (Phi) is 4.23. The van der Waals surface area contributed by atoms with Crippen molar-refractivity contribution in [1.29, 1.82) is 0 Å². The molecule has 1 aliphatic heterocycles. The molecule has 0 radical (unpaired) electrons. The summed E-state index contributed by atoms with van der Waals surface area (Å²) in [6, 6.07) is 3.70. The number of halogens is 1. The van der Waals surface area contributed by atoms with E-state index in [1.807, 2.05) is 7.05 Å². The number of hydrogen-bond donors (Lipinski definition) is 1. The molecule has 0 atom stereocenters. The molecule has 0 bridgehead atoms. The first-order chi connectivity index (χ1) is 8.88. The van der Waals surface area contributed by atoms with Gasteiger partial charge in [0.05, 0.1) is 4.90 Å². The summed E-state index contributed by atoms with van der Waals surface area (Å²) in [7, 11) is -1.54. The zero-order chi connectivity index (χ0) is 14.0. The molecule has 106 valence electrons. The molecule has 0 amide bonds. The molecule has 2 rings (SSSR count). The molecule has 0 aromatic heterocycles. The lowest BCUT2D eigenvalue weighted by Crippen LogP contribution is -2.43. The van der Waals surface area contributed by atoms with Gasteiger partial charge in [-0.15, -0.1) is 0 Å². The lowest BCUT2D eigenvalue weighted by molar-refractivity contribution is 0.248. The highest BCUT2D eigenvalue weighted by molar-refractivity contribution is 7.89. The maximum atomic E-state index is 13.0. The summed E-state index contributed by atoms with van der Waals surface area (Å²) in [6.07, 6.45) is 1.60. The molecule has 1 aromatic rings. The first-order valence-electron chi connectivity index (χ1n) is 6.35. The van der Waals surface area contributed by atoms with Crippen LogP contribution in [-0.2, 0) is 10.0 Å². The average molecular weight is 286 g/mol. The second-order valence-electron chi connectivity index (χ2n) is 5.11. The Balaban J connectivity index is 2.14. The molecular weight excluding hydrogens is 267 g/mol. The smallest absolute Gasteiger partial charge is 0.241 e. The summed E-state index contributed by atoms with van der Waals surface area (Å²) < 4.78 is 40.3. The van der Waals surface area contributed by atoms with Crippen molar-refractivity contribution >= 4 is 10.0 Å². The minimum atomic E-state index is -3.56. The highest BCUT2D eigenvalue weighted by Gasteiger charge is 2.24. The highest BCUT2D eigenvalue weighted by atomic mass is 32.2. The predicted molar refractivity (Wildman–Crippen MR) is 72.0 cm³/mol. The van der Waals surface area contributed by atoms with E-state index in [1.54, 1.807) is 6.92 Å². The van der Waals surface area contributed by atoms with Crippen LogP contribution in [0.15, 0.2) is 23.1 Å². The van der Waals surface area contributed by atoms with Crippen molar-refractivity contribution in [3.8, 4) is 0 Å². The van der Waals surface area contributed by atoms with E-state index >= 15 is 0 Å². The van der Waals surface area contributed by atoms with Crippen molar-refractivity contribution in [2.75, 3.05) is 20.1 Å². The molecule has 1 heterocycles. The van der Waals surface area contributed by atoms with E-state index < -0.39 is 15.8 Å². The minimum absolute atomic E-state index is 0.0364. The van der Waals surface area contributed by atoms with Crippen LogP contribution in [0.3, 0.4) is 0 Å². The highest BCUT2D eigenvalue weighted by Crippen LogP contribution is 2.18. The second kappa shape index (κ2) is 5.56. The zero-order valence-electron chi connectivity index (χ0n) is 11.2. The molecule has 1 fully saturated rings. The second-order valence-corrected chi connectivity index (χ2v) is 6.79. The molecule has 0 aliphatic carbocycles. The number of rotatable bonds is 3. The Bertz CT molecular complexity index is 552. The first-order valence-corrected chi connectivity index (χ1v) is 7.84. The van der Waals surface area contributed by atoms with Gasteiger partial charge in [0.15, 0.2) is 0 Å². The number of benzene rings is 1. The first kappa shape index (κ1) is 14.4. The normalized spacial score (nSPS) is 18.7. The molecular formula is C13H19FN2O2S. The third-order valence-corrected chi connectivity index (χ3v) is 5.15. The fourth-order valence-corrected chi connectivity index (χ4v) is 3.86. The Morgan fingerprint density at radius 2 is 1.95 bits per heavy atom. The van der Waals surface area contributed by atoms with Gasteiger partial charge in [-0.25, -0.2) is 17.5 Å². The molecule has 0 spiro atoms. The molecule has 1 aliphatic rings. The molecule has 1 N–H and O–H groups in total. The summed E-state index contributed by atoms with van der Waals surface area (Å²) >= 11 is 0. The van der Waals surface area contributed by atoms with E-state index in [4.69, 9.17) is 0 Å². The van der Waals surface area contributed by atoms with Crippen molar-refractivity contribution in [2.24, 2.45) is 0 Å². The van der Waals surface area contributed by atoms with Crippen LogP contribution in [0.25, 0.3) is 0 Å². The van der Waals surface area contributed by atoms with Crippen molar-refractivity contribution in [3.63, 3.8) is 0 Å². The van der Waals surface area contributed by atoms with Crippen LogP contribution in [-0.4, -0.2) is 39.5 Å². The summed E-state index contributed by atoms with van der Waals surface area (Å²) in [4.78, 5) is 2.33. The van der Waals surface area contributed by atoms with Crippen LogP contribution < -0.4 is 4.72 Å². The number of hydrogen-bond acceptors (Lipinski definition) is 3. The van der Waals surface area contributed by atoms with Crippen molar-refractivity contribution < 1.29 is 12.8 Å². The fourth-order valence-electron chi connectivity index (χ4n) is 2.32. The van der Waals surface area contributed by atoms with Crippen LogP contribution in [0.1, 0.15) is 18.4 Å². The topological polar surface area (TPSA) is 49.4 Å². The third kappa shape index (κ3) is 3.52. The van der Waals surface area contributed by atoms with Crippen LogP contribution >= 0.6 is 0 Å². The van der Waals surface area contributed by atoms with Crippen LogP contribution in [0.4, 0.5) is 4.39 Å². The number of sulfonamides is 1. The van der Waals surface area contributed by atoms with E-state index in [0.717, 1.165) is 25.9 Å². The molecule has 19 heavy (non-hydrogen) atoms. The molecule has 1 aromatic carbocycles. The lowest BCUT2D eigenvalue weighted by Gasteiger charge is -2.29. The standard InChI is InChI=1S/C13H19FN2O2S/c1-10-9-11(14)3-4-13(10)19(17,18)15-12-5-7-16(2)8-6-12/h3-4,9,12,15H,5-8H2,1-2H3. The molecule has 0 unspecified atom stereocenters. The number of piperidine rings is 1. The third-order valence-electron chi connectivity index (χ3n) is 3.47. The average Bonchev–Trinajstić information content (AvgIpc) is 2.31. The number of nitrogens with zero attached hydrogens (tertiary/aromatic N) is 1. The summed E-state index contributed by atoms with van der Waals surface area (Å²) in [5.41, 5.74) is 0.431. The SMILES string of the molecule is Cc1cc(F)ccc1S(=O)(=O)NC1CCN(C)CC1. The van der Waals surface area contributed by atoms with Gasteiger partial charge in [-0.05, 0) is 63.7 Å². The quantitative estimate of drug-likeness (QED) is 0.916. The van der Waals surface area contributed by atoms with Crippen LogP contribution in [0.5, 0.6) is 0 Å². The van der Waals surface area contributed by atoms with Crippen molar-refractivity contribution in [1.82, 2.24) is 9.62 Å². The van der Waals surface area contributed by atoms with Gasteiger partial charge in [0.25, 0.3) is 0 Å². The predicted octanol–water partition coefficient (Wildman–Crippen LogP) is 1.51. The van der Waals surface area contributed by atoms with Gasteiger partial charge in [-0.3, -0.25) is 0 Å².